The van der Waals surface area contributed by atoms with Gasteiger partial charge in [-0.15, -0.1) is 11.3 Å². The fourth-order valence-corrected chi connectivity index (χ4v) is 3.75. The molecule has 2 aromatic rings. The number of nitrogens with one attached hydrogen (secondary N) is 3. The zero-order valence-corrected chi connectivity index (χ0v) is 21.1. The second-order valence-electron chi connectivity index (χ2n) is 9.46. The highest BCUT2D eigenvalue weighted by atomic mass is 32.2. The Morgan fingerprint density at radius 2 is 1.73 bits per heavy atom. The summed E-state index contributed by atoms with van der Waals surface area (Å²) in [6.07, 6.45) is -0.299. The monoisotopic (exact) mass is 498 g/mol. The Labute approximate surface area is 198 Å². The number of ether oxygens (including phenoxy) is 1. The van der Waals surface area contributed by atoms with Crippen molar-refractivity contribution >= 4 is 44.5 Å². The molecular formula is C21H30N4O6S2. The van der Waals surface area contributed by atoms with E-state index in [-0.39, 0.29) is 11.6 Å². The number of carbonyl (C=O) groups excluding carboxylic acids is 2. The average Bonchev–Trinajstić information content (AvgIpc) is 3.07. The van der Waals surface area contributed by atoms with Crippen LogP contribution in [0, 0.1) is 5.41 Å². The molecule has 0 bridgehead atoms. The Hall–Kier alpha value is -2.70. The number of nitrogens with zero attached hydrogens (tertiary/aromatic N) is 1. The number of aromatic nitrogens is 1. The van der Waals surface area contributed by atoms with Crippen molar-refractivity contribution in [2.45, 2.75) is 59.6 Å². The first-order chi connectivity index (χ1) is 15.0. The van der Waals surface area contributed by atoms with E-state index in [9.17, 15) is 18.0 Å². The quantitative estimate of drug-likeness (QED) is 0.419. The van der Waals surface area contributed by atoms with Crippen molar-refractivity contribution in [2.24, 2.45) is 5.41 Å². The van der Waals surface area contributed by atoms with Crippen LogP contribution in [-0.2, 0) is 26.3 Å². The molecule has 0 aliphatic carbocycles. The molecule has 0 fully saturated rings. The molecule has 1 atom stereocenters. The lowest BCUT2D eigenvalue weighted by atomic mass is 9.96. The van der Waals surface area contributed by atoms with E-state index in [1.165, 1.54) is 23.5 Å². The molecule has 1 heterocycles. The van der Waals surface area contributed by atoms with Gasteiger partial charge in [0.25, 0.3) is 0 Å². The number of hydrogen-bond donors (Lipinski definition) is 4. The fraction of sp³-hybridized carbons (Fsp3) is 0.476. The third kappa shape index (κ3) is 9.36. The SMILES string of the molecule is CC(C)(C)OC(=O)NC(Cc1ccc(NS(=O)(=O)O)cc1)c1csc(NC(=O)C(C)(C)C)n1. The van der Waals surface area contributed by atoms with Gasteiger partial charge in [0.15, 0.2) is 5.13 Å². The van der Waals surface area contributed by atoms with Crippen LogP contribution in [0.25, 0.3) is 0 Å². The Balaban J connectivity index is 2.24. The summed E-state index contributed by atoms with van der Waals surface area (Å²) in [4.78, 5) is 29.2. The maximum atomic E-state index is 12.4. The van der Waals surface area contributed by atoms with Crippen LogP contribution in [0.4, 0.5) is 15.6 Å². The highest BCUT2D eigenvalue weighted by molar-refractivity contribution is 7.87. The number of hydrogen-bond acceptors (Lipinski definition) is 7. The van der Waals surface area contributed by atoms with Gasteiger partial charge in [-0.1, -0.05) is 32.9 Å². The number of amides is 2. The van der Waals surface area contributed by atoms with Crippen molar-refractivity contribution in [2.75, 3.05) is 10.0 Å². The number of thiazole rings is 1. The predicted octanol–water partition coefficient (Wildman–Crippen LogP) is 4.15. The van der Waals surface area contributed by atoms with Gasteiger partial charge in [0.05, 0.1) is 17.4 Å². The summed E-state index contributed by atoms with van der Waals surface area (Å²) in [6, 6.07) is 5.72. The summed E-state index contributed by atoms with van der Waals surface area (Å²) in [7, 11) is -4.37. The van der Waals surface area contributed by atoms with Crippen LogP contribution in [-0.4, -0.2) is 35.6 Å². The molecule has 0 aliphatic heterocycles. The molecule has 0 saturated carbocycles. The summed E-state index contributed by atoms with van der Waals surface area (Å²) >= 11 is 1.24. The smallest absolute Gasteiger partial charge is 0.408 e. The molecule has 0 aliphatic rings. The zero-order valence-electron chi connectivity index (χ0n) is 19.4. The van der Waals surface area contributed by atoms with Crippen molar-refractivity contribution in [3.63, 3.8) is 0 Å². The van der Waals surface area contributed by atoms with Gasteiger partial charge in [-0.2, -0.15) is 8.42 Å². The van der Waals surface area contributed by atoms with Gasteiger partial charge in [0, 0.05) is 10.8 Å². The topological polar surface area (TPSA) is 147 Å². The minimum atomic E-state index is -4.37. The lowest BCUT2D eigenvalue weighted by Gasteiger charge is -2.23. The number of carbonyl (C=O) groups is 2. The molecule has 1 aromatic carbocycles. The summed E-state index contributed by atoms with van der Waals surface area (Å²) in [5.41, 5.74) is 0.225. The normalized spacial score (nSPS) is 13.2. The van der Waals surface area contributed by atoms with Crippen LogP contribution in [0.1, 0.15) is 58.8 Å². The van der Waals surface area contributed by atoms with E-state index in [2.05, 4.69) is 15.6 Å². The molecule has 2 rings (SSSR count). The van der Waals surface area contributed by atoms with Gasteiger partial charge in [-0.3, -0.25) is 14.1 Å². The Morgan fingerprint density at radius 1 is 1.12 bits per heavy atom. The van der Waals surface area contributed by atoms with Crippen LogP contribution in [0.15, 0.2) is 29.6 Å². The number of benzene rings is 1. The van der Waals surface area contributed by atoms with E-state index in [1.54, 1.807) is 59.1 Å². The molecule has 2 amide bonds. The summed E-state index contributed by atoms with van der Waals surface area (Å²) in [6.45, 7) is 10.7. The van der Waals surface area contributed by atoms with E-state index in [0.29, 0.717) is 17.2 Å². The third-order valence-corrected chi connectivity index (χ3v) is 5.38. The molecule has 0 radical (unpaired) electrons. The number of alkyl carbamates (subject to hydrolysis) is 1. The first-order valence-corrected chi connectivity index (χ1v) is 12.4. The summed E-state index contributed by atoms with van der Waals surface area (Å²) < 4.78 is 38.2. The molecule has 1 unspecified atom stereocenters. The van der Waals surface area contributed by atoms with E-state index in [1.807, 2.05) is 4.72 Å². The Kier molecular flexibility index (Phi) is 8.09. The second-order valence-corrected chi connectivity index (χ2v) is 11.5. The van der Waals surface area contributed by atoms with Crippen LogP contribution in [0.2, 0.25) is 0 Å². The number of rotatable bonds is 7. The number of anilines is 2. The van der Waals surface area contributed by atoms with E-state index in [4.69, 9.17) is 9.29 Å². The largest absolute Gasteiger partial charge is 0.444 e. The standard InChI is InChI=1S/C21H30N4O6S2/c1-20(2,3)17(26)24-18-22-16(12-32-18)15(23-19(27)31-21(4,5)6)11-13-7-9-14(10-8-13)25-33(28,29)30/h7-10,12,15,25H,11H2,1-6H3,(H,23,27)(H,22,24,26)(H,28,29,30). The summed E-state index contributed by atoms with van der Waals surface area (Å²) in [5.74, 6) is -0.179. The highest BCUT2D eigenvalue weighted by Gasteiger charge is 2.25. The van der Waals surface area contributed by atoms with Gasteiger partial charge >= 0.3 is 16.4 Å². The van der Waals surface area contributed by atoms with Crippen LogP contribution in [0.3, 0.4) is 0 Å². The van der Waals surface area contributed by atoms with Gasteiger partial charge in [-0.05, 0) is 44.9 Å². The molecule has 12 heteroatoms. The molecule has 10 nitrogen and oxygen atoms in total. The van der Waals surface area contributed by atoms with Gasteiger partial charge in [-0.25, -0.2) is 9.78 Å². The fourth-order valence-electron chi connectivity index (χ4n) is 2.56. The van der Waals surface area contributed by atoms with Gasteiger partial charge in [0.2, 0.25) is 5.91 Å². The lowest BCUT2D eigenvalue weighted by Crippen LogP contribution is -2.36. The maximum absolute atomic E-state index is 12.4. The van der Waals surface area contributed by atoms with Crippen molar-refractivity contribution in [1.29, 1.82) is 0 Å². The Morgan fingerprint density at radius 3 is 2.24 bits per heavy atom. The van der Waals surface area contributed by atoms with Gasteiger partial charge in [0.1, 0.15) is 5.60 Å². The van der Waals surface area contributed by atoms with Crippen molar-refractivity contribution in [3.8, 4) is 0 Å². The molecule has 1 aromatic heterocycles. The minimum Gasteiger partial charge on any atom is -0.444 e. The lowest BCUT2D eigenvalue weighted by molar-refractivity contribution is -0.123. The molecule has 182 valence electrons. The molecule has 0 spiro atoms. The predicted molar refractivity (Wildman–Crippen MR) is 128 cm³/mol. The third-order valence-electron chi connectivity index (χ3n) is 4.11. The van der Waals surface area contributed by atoms with Gasteiger partial charge < -0.3 is 15.4 Å². The van der Waals surface area contributed by atoms with Crippen molar-refractivity contribution in [3.05, 3.63) is 40.9 Å². The first-order valence-electron chi connectivity index (χ1n) is 10.1. The van der Waals surface area contributed by atoms with E-state index in [0.717, 1.165) is 5.56 Å². The second kappa shape index (κ2) is 10.1. The Bertz CT molecular complexity index is 1080. The first kappa shape index (κ1) is 26.6. The molecule has 0 saturated heterocycles. The van der Waals surface area contributed by atoms with Crippen molar-refractivity contribution in [1.82, 2.24) is 10.3 Å². The highest BCUT2D eigenvalue weighted by Crippen LogP contribution is 2.26. The van der Waals surface area contributed by atoms with Crippen molar-refractivity contribution < 1.29 is 27.3 Å². The molecular weight excluding hydrogens is 468 g/mol. The molecule has 33 heavy (non-hydrogen) atoms. The average molecular weight is 499 g/mol. The van der Waals surface area contributed by atoms with Crippen LogP contribution < -0.4 is 15.4 Å². The minimum absolute atomic E-state index is 0.179. The van der Waals surface area contributed by atoms with E-state index < -0.39 is 33.5 Å². The van der Waals surface area contributed by atoms with Crippen LogP contribution >= 0.6 is 11.3 Å². The molecule has 4 N–H and O–H groups in total. The summed E-state index contributed by atoms with van der Waals surface area (Å²) in [5, 5.41) is 7.74. The van der Waals surface area contributed by atoms with Crippen LogP contribution in [0.5, 0.6) is 0 Å². The van der Waals surface area contributed by atoms with E-state index >= 15 is 0 Å². The zero-order chi connectivity index (χ0) is 25.0. The maximum Gasteiger partial charge on any atom is 0.408 e.